The zero-order valence-electron chi connectivity index (χ0n) is 8.18. The Morgan fingerprint density at radius 2 is 1.83 bits per heavy atom. The second-order valence-corrected chi connectivity index (χ2v) is 4.71. The second kappa shape index (κ2) is 2.59. The number of fused-ring (bicyclic) bond motifs is 1. The fraction of sp³-hybridized carbons (Fsp3) is 0.818. The Hall–Kier alpha value is -0.300. The van der Waals surface area contributed by atoms with Gasteiger partial charge in [0.2, 0.25) is 0 Å². The van der Waals surface area contributed by atoms with E-state index in [0.29, 0.717) is 5.54 Å². The first kappa shape index (κ1) is 8.31. The van der Waals surface area contributed by atoms with E-state index in [2.05, 4.69) is 19.7 Å². The van der Waals surface area contributed by atoms with Crippen molar-refractivity contribution in [3.8, 4) is 0 Å². The van der Waals surface area contributed by atoms with E-state index in [0.717, 1.165) is 0 Å². The molecule has 2 atom stereocenters. The Labute approximate surface area is 75.7 Å². The van der Waals surface area contributed by atoms with E-state index in [-0.39, 0.29) is 0 Å². The van der Waals surface area contributed by atoms with Gasteiger partial charge in [-0.2, -0.15) is 0 Å². The summed E-state index contributed by atoms with van der Waals surface area (Å²) < 4.78 is 1.29. The van der Waals surface area contributed by atoms with Crippen molar-refractivity contribution in [2.24, 2.45) is 0 Å². The lowest BCUT2D eigenvalue weighted by atomic mass is 9.85. The molecule has 68 valence electrons. The van der Waals surface area contributed by atoms with Gasteiger partial charge in [-0.05, 0) is 18.9 Å². The zero-order valence-corrected chi connectivity index (χ0v) is 8.18. The third-order valence-corrected chi connectivity index (χ3v) is 4.23. The molecule has 2 aliphatic rings. The molecule has 2 saturated heterocycles. The Morgan fingerprint density at radius 1 is 1.17 bits per heavy atom. The molecular weight excluding hydrogens is 146 g/mol. The third-order valence-electron chi connectivity index (χ3n) is 4.23. The maximum Gasteiger partial charge on any atom is 0.118 e. The summed E-state index contributed by atoms with van der Waals surface area (Å²) in [5, 5.41) is 0. The van der Waals surface area contributed by atoms with Crippen molar-refractivity contribution < 1.29 is 4.48 Å². The van der Waals surface area contributed by atoms with Gasteiger partial charge in [0.15, 0.2) is 0 Å². The van der Waals surface area contributed by atoms with Crippen molar-refractivity contribution in [3.05, 3.63) is 12.7 Å². The molecule has 2 unspecified atom stereocenters. The molecule has 0 aromatic rings. The highest BCUT2D eigenvalue weighted by Crippen LogP contribution is 2.43. The SMILES string of the molecule is C=CC12CCCC[N+]1(C)CCC2. The van der Waals surface area contributed by atoms with Crippen LogP contribution in [-0.4, -0.2) is 30.2 Å². The van der Waals surface area contributed by atoms with E-state index in [4.69, 9.17) is 0 Å². The highest BCUT2D eigenvalue weighted by Gasteiger charge is 2.51. The van der Waals surface area contributed by atoms with Crippen LogP contribution < -0.4 is 0 Å². The van der Waals surface area contributed by atoms with Crippen LogP contribution in [0.2, 0.25) is 0 Å². The molecule has 0 aromatic carbocycles. The second-order valence-electron chi connectivity index (χ2n) is 4.71. The fourth-order valence-electron chi connectivity index (χ4n) is 3.27. The van der Waals surface area contributed by atoms with Crippen LogP contribution in [0.5, 0.6) is 0 Å². The molecule has 0 spiro atoms. The van der Waals surface area contributed by atoms with Crippen molar-refractivity contribution in [3.63, 3.8) is 0 Å². The number of likely N-dealkylation sites (N-methyl/N-ethyl adjacent to an activating group) is 1. The molecular formula is C11H20N+. The minimum Gasteiger partial charge on any atom is -0.318 e. The number of quaternary nitrogens is 1. The summed E-state index contributed by atoms with van der Waals surface area (Å²) in [4.78, 5) is 0. The first-order valence-electron chi connectivity index (χ1n) is 5.21. The molecule has 0 saturated carbocycles. The van der Waals surface area contributed by atoms with Gasteiger partial charge in [0.05, 0.1) is 20.1 Å². The summed E-state index contributed by atoms with van der Waals surface area (Å²) in [5.74, 6) is 0. The standard InChI is InChI=1S/C11H20N/c1-3-11-7-4-5-9-12(11,2)10-6-8-11/h3H,1,4-10H2,2H3/q+1. The summed E-state index contributed by atoms with van der Waals surface area (Å²) in [6, 6.07) is 0. The van der Waals surface area contributed by atoms with Crippen LogP contribution in [0, 0.1) is 0 Å². The summed E-state index contributed by atoms with van der Waals surface area (Å²) in [5.41, 5.74) is 0.470. The highest BCUT2D eigenvalue weighted by molar-refractivity contribution is 5.01. The van der Waals surface area contributed by atoms with Crippen LogP contribution >= 0.6 is 0 Å². The molecule has 1 heteroatoms. The van der Waals surface area contributed by atoms with Crippen molar-refractivity contribution >= 4 is 0 Å². The van der Waals surface area contributed by atoms with E-state index >= 15 is 0 Å². The van der Waals surface area contributed by atoms with Gasteiger partial charge in [-0.3, -0.25) is 0 Å². The zero-order chi connectivity index (χ0) is 8.66. The molecule has 2 heterocycles. The van der Waals surface area contributed by atoms with Crippen LogP contribution in [0.1, 0.15) is 32.1 Å². The maximum absolute atomic E-state index is 4.05. The fourth-order valence-corrected chi connectivity index (χ4v) is 3.27. The number of piperidine rings is 1. The van der Waals surface area contributed by atoms with Crippen LogP contribution in [0.15, 0.2) is 12.7 Å². The normalized spacial score (nSPS) is 47.1. The molecule has 0 amide bonds. The average Bonchev–Trinajstić information content (AvgIpc) is 2.42. The number of rotatable bonds is 1. The lowest BCUT2D eigenvalue weighted by molar-refractivity contribution is -0.944. The molecule has 0 N–H and O–H groups in total. The Bertz CT molecular complexity index is 199. The minimum absolute atomic E-state index is 0.470. The first-order valence-corrected chi connectivity index (χ1v) is 5.21. The van der Waals surface area contributed by atoms with E-state index < -0.39 is 0 Å². The summed E-state index contributed by atoms with van der Waals surface area (Å²) in [6.07, 6.45) is 9.26. The van der Waals surface area contributed by atoms with Crippen LogP contribution in [0.4, 0.5) is 0 Å². The maximum atomic E-state index is 4.05. The lowest BCUT2D eigenvalue weighted by Gasteiger charge is -2.48. The topological polar surface area (TPSA) is 0 Å². The molecule has 12 heavy (non-hydrogen) atoms. The smallest absolute Gasteiger partial charge is 0.118 e. The molecule has 0 bridgehead atoms. The number of nitrogens with zero attached hydrogens (tertiary/aromatic N) is 1. The van der Waals surface area contributed by atoms with Gasteiger partial charge in [0.25, 0.3) is 0 Å². The monoisotopic (exact) mass is 166 g/mol. The van der Waals surface area contributed by atoms with E-state index in [1.807, 2.05) is 0 Å². The molecule has 0 aromatic heterocycles. The van der Waals surface area contributed by atoms with Crippen molar-refractivity contribution in [1.29, 1.82) is 0 Å². The molecule has 2 fully saturated rings. The van der Waals surface area contributed by atoms with Gasteiger partial charge in [-0.25, -0.2) is 0 Å². The summed E-state index contributed by atoms with van der Waals surface area (Å²) in [7, 11) is 2.42. The third kappa shape index (κ3) is 0.891. The lowest BCUT2D eigenvalue weighted by Crippen LogP contribution is -2.59. The van der Waals surface area contributed by atoms with Gasteiger partial charge in [0, 0.05) is 19.3 Å². The van der Waals surface area contributed by atoms with Gasteiger partial charge in [-0.1, -0.05) is 6.58 Å². The number of hydrogen-bond donors (Lipinski definition) is 0. The first-order chi connectivity index (χ1) is 5.72. The van der Waals surface area contributed by atoms with Gasteiger partial charge in [-0.15, -0.1) is 0 Å². The molecule has 0 aliphatic carbocycles. The molecule has 1 nitrogen and oxygen atoms in total. The average molecular weight is 166 g/mol. The largest absolute Gasteiger partial charge is 0.318 e. The predicted molar refractivity (Wildman–Crippen MR) is 51.9 cm³/mol. The van der Waals surface area contributed by atoms with E-state index in [1.165, 1.54) is 49.7 Å². The Balaban J connectivity index is 2.31. The number of hydrogen-bond acceptors (Lipinski definition) is 0. The van der Waals surface area contributed by atoms with E-state index in [1.54, 1.807) is 0 Å². The van der Waals surface area contributed by atoms with Crippen LogP contribution in [0.3, 0.4) is 0 Å². The molecule has 0 radical (unpaired) electrons. The highest BCUT2D eigenvalue weighted by atomic mass is 15.4. The van der Waals surface area contributed by atoms with Crippen LogP contribution in [0.25, 0.3) is 0 Å². The van der Waals surface area contributed by atoms with Gasteiger partial charge < -0.3 is 4.48 Å². The quantitative estimate of drug-likeness (QED) is 0.414. The van der Waals surface area contributed by atoms with Gasteiger partial charge >= 0.3 is 0 Å². The van der Waals surface area contributed by atoms with Crippen molar-refractivity contribution in [2.75, 3.05) is 20.1 Å². The Kier molecular flexibility index (Phi) is 1.80. The van der Waals surface area contributed by atoms with Crippen LogP contribution in [-0.2, 0) is 0 Å². The minimum atomic E-state index is 0.470. The van der Waals surface area contributed by atoms with Crippen molar-refractivity contribution in [1.82, 2.24) is 0 Å². The molecule has 2 aliphatic heterocycles. The van der Waals surface area contributed by atoms with E-state index in [9.17, 15) is 0 Å². The summed E-state index contributed by atoms with van der Waals surface area (Å²) in [6.45, 7) is 6.81. The van der Waals surface area contributed by atoms with Crippen molar-refractivity contribution in [2.45, 2.75) is 37.6 Å². The summed E-state index contributed by atoms with van der Waals surface area (Å²) >= 11 is 0. The Morgan fingerprint density at radius 3 is 2.50 bits per heavy atom. The predicted octanol–water partition coefficient (Wildman–Crippen LogP) is 2.34. The molecule has 2 rings (SSSR count). The van der Waals surface area contributed by atoms with Gasteiger partial charge in [0.1, 0.15) is 5.54 Å².